The molecule has 0 atom stereocenters. The molecule has 0 saturated heterocycles. The minimum atomic E-state index is -0.441. The number of benzene rings is 1. The van der Waals surface area contributed by atoms with E-state index in [1.165, 1.54) is 6.20 Å². The molecule has 0 fully saturated rings. The predicted octanol–water partition coefficient (Wildman–Crippen LogP) is 1.65. The first-order valence-electron chi connectivity index (χ1n) is 5.80. The van der Waals surface area contributed by atoms with E-state index in [1.807, 2.05) is 24.3 Å². The van der Waals surface area contributed by atoms with Crippen LogP contribution in [0.3, 0.4) is 0 Å². The zero-order valence-corrected chi connectivity index (χ0v) is 11.5. The van der Waals surface area contributed by atoms with Crippen LogP contribution < -0.4 is 15.8 Å². The van der Waals surface area contributed by atoms with Crippen molar-refractivity contribution in [3.63, 3.8) is 0 Å². The Kier molecular flexibility index (Phi) is 4.37. The van der Waals surface area contributed by atoms with Crippen LogP contribution in [0.5, 0.6) is 5.75 Å². The maximum atomic E-state index is 12.0. The Morgan fingerprint density at radius 1 is 1.45 bits per heavy atom. The molecule has 0 spiro atoms. The molecule has 1 amide bonds. The van der Waals surface area contributed by atoms with Gasteiger partial charge < -0.3 is 15.8 Å². The minimum absolute atomic E-state index is 0.00685. The van der Waals surface area contributed by atoms with Gasteiger partial charge in [0.1, 0.15) is 10.9 Å². The number of halogens is 1. The Labute approximate surface area is 120 Å². The number of methoxy groups -OCH3 is 1. The van der Waals surface area contributed by atoms with Crippen LogP contribution in [-0.2, 0) is 6.54 Å². The number of nitrogens with one attached hydrogen (secondary N) is 1. The first kappa shape index (κ1) is 14.1. The van der Waals surface area contributed by atoms with Gasteiger partial charge in [-0.15, -0.1) is 0 Å². The lowest BCUT2D eigenvalue weighted by atomic mass is 10.2. The number of carbonyl (C=O) groups excluding carboxylic acids is 1. The summed E-state index contributed by atoms with van der Waals surface area (Å²) in [5.74, 6) is 0.285. The molecule has 1 aromatic carbocycles. The highest BCUT2D eigenvalue weighted by Gasteiger charge is 2.14. The number of anilines is 1. The topological polar surface area (TPSA) is 90.1 Å². The summed E-state index contributed by atoms with van der Waals surface area (Å²) in [6, 6.07) is 7.38. The van der Waals surface area contributed by atoms with E-state index in [2.05, 4.69) is 15.3 Å². The third-order valence-corrected chi connectivity index (χ3v) is 2.80. The van der Waals surface area contributed by atoms with E-state index in [0.717, 1.165) is 5.56 Å². The first-order chi connectivity index (χ1) is 9.61. The fourth-order valence-electron chi connectivity index (χ4n) is 1.65. The summed E-state index contributed by atoms with van der Waals surface area (Å²) in [6.07, 6.45) is 1.29. The lowest BCUT2D eigenvalue weighted by Gasteiger charge is -2.09. The molecule has 2 rings (SSSR count). The molecule has 0 unspecified atom stereocenters. The van der Waals surface area contributed by atoms with Crippen molar-refractivity contribution in [2.45, 2.75) is 6.54 Å². The molecule has 0 aliphatic carbocycles. The SMILES string of the molecule is COc1ccccc1CNC(=O)c1nc(Cl)cnc1N. The second kappa shape index (κ2) is 6.21. The van der Waals surface area contributed by atoms with Gasteiger partial charge in [-0.2, -0.15) is 0 Å². The zero-order valence-electron chi connectivity index (χ0n) is 10.8. The number of amides is 1. The molecule has 3 N–H and O–H groups in total. The second-order valence-electron chi connectivity index (χ2n) is 3.92. The zero-order chi connectivity index (χ0) is 14.5. The van der Waals surface area contributed by atoms with Gasteiger partial charge in [-0.25, -0.2) is 9.97 Å². The fourth-order valence-corrected chi connectivity index (χ4v) is 1.79. The van der Waals surface area contributed by atoms with Gasteiger partial charge in [-0.3, -0.25) is 4.79 Å². The molecular weight excluding hydrogens is 280 g/mol. The molecule has 0 radical (unpaired) electrons. The Morgan fingerprint density at radius 3 is 2.95 bits per heavy atom. The summed E-state index contributed by atoms with van der Waals surface area (Å²) >= 11 is 5.70. The molecule has 7 heteroatoms. The summed E-state index contributed by atoms with van der Waals surface area (Å²) in [6.45, 7) is 0.288. The van der Waals surface area contributed by atoms with Gasteiger partial charge in [0.05, 0.1) is 13.3 Å². The molecule has 0 saturated carbocycles. The standard InChI is InChI=1S/C13H13ClN4O2/c1-20-9-5-3-2-4-8(9)6-17-13(19)11-12(15)16-7-10(14)18-11/h2-5,7H,6H2,1H3,(H2,15,16)(H,17,19). The number of aromatic nitrogens is 2. The van der Waals surface area contributed by atoms with Crippen molar-refractivity contribution in [2.75, 3.05) is 12.8 Å². The van der Waals surface area contributed by atoms with Crippen molar-refractivity contribution in [2.24, 2.45) is 0 Å². The quantitative estimate of drug-likeness (QED) is 0.894. The van der Waals surface area contributed by atoms with Crippen LogP contribution in [0.2, 0.25) is 5.15 Å². The summed E-state index contributed by atoms with van der Waals surface area (Å²) < 4.78 is 5.20. The van der Waals surface area contributed by atoms with Crippen LogP contribution in [-0.4, -0.2) is 23.0 Å². The van der Waals surface area contributed by atoms with Gasteiger partial charge in [-0.05, 0) is 6.07 Å². The van der Waals surface area contributed by atoms with Gasteiger partial charge in [0.15, 0.2) is 11.5 Å². The van der Waals surface area contributed by atoms with Crippen LogP contribution in [0.4, 0.5) is 5.82 Å². The molecular formula is C13H13ClN4O2. The molecule has 0 bridgehead atoms. The number of nitrogens with zero attached hydrogens (tertiary/aromatic N) is 2. The van der Waals surface area contributed by atoms with Crippen molar-refractivity contribution in [3.8, 4) is 5.75 Å². The number of carbonyl (C=O) groups is 1. The lowest BCUT2D eigenvalue weighted by Crippen LogP contribution is -2.25. The molecule has 0 aliphatic rings. The van der Waals surface area contributed by atoms with Crippen molar-refractivity contribution in [3.05, 3.63) is 46.9 Å². The van der Waals surface area contributed by atoms with Crippen LogP contribution in [0.15, 0.2) is 30.5 Å². The molecule has 2 aromatic rings. The average Bonchev–Trinajstić information content (AvgIpc) is 2.47. The van der Waals surface area contributed by atoms with Crippen LogP contribution >= 0.6 is 11.6 Å². The Balaban J connectivity index is 2.11. The highest BCUT2D eigenvalue weighted by atomic mass is 35.5. The monoisotopic (exact) mass is 292 g/mol. The Bertz CT molecular complexity index is 634. The van der Waals surface area contributed by atoms with E-state index in [4.69, 9.17) is 22.1 Å². The highest BCUT2D eigenvalue weighted by molar-refractivity contribution is 6.29. The average molecular weight is 293 g/mol. The lowest BCUT2D eigenvalue weighted by molar-refractivity contribution is 0.0946. The van der Waals surface area contributed by atoms with Crippen LogP contribution in [0, 0.1) is 0 Å². The molecule has 104 valence electrons. The van der Waals surface area contributed by atoms with E-state index in [9.17, 15) is 4.79 Å². The van der Waals surface area contributed by atoms with Crippen molar-refractivity contribution >= 4 is 23.3 Å². The van der Waals surface area contributed by atoms with Crippen LogP contribution in [0.25, 0.3) is 0 Å². The third kappa shape index (κ3) is 3.16. The Hall–Kier alpha value is -2.34. The number of rotatable bonds is 4. The summed E-state index contributed by atoms with van der Waals surface area (Å²) in [7, 11) is 1.57. The molecule has 20 heavy (non-hydrogen) atoms. The molecule has 1 heterocycles. The number of hydrogen-bond donors (Lipinski definition) is 2. The van der Waals surface area contributed by atoms with E-state index >= 15 is 0 Å². The minimum Gasteiger partial charge on any atom is -0.496 e. The normalized spacial score (nSPS) is 10.1. The Morgan fingerprint density at radius 2 is 2.20 bits per heavy atom. The summed E-state index contributed by atoms with van der Waals surface area (Å²) in [4.78, 5) is 19.6. The van der Waals surface area contributed by atoms with Gasteiger partial charge in [0, 0.05) is 12.1 Å². The van der Waals surface area contributed by atoms with Gasteiger partial charge >= 0.3 is 0 Å². The van der Waals surface area contributed by atoms with Crippen molar-refractivity contribution in [1.29, 1.82) is 0 Å². The molecule has 1 aromatic heterocycles. The molecule has 6 nitrogen and oxygen atoms in total. The summed E-state index contributed by atoms with van der Waals surface area (Å²) in [5.41, 5.74) is 6.45. The van der Waals surface area contributed by atoms with E-state index < -0.39 is 5.91 Å². The maximum absolute atomic E-state index is 12.0. The number of hydrogen-bond acceptors (Lipinski definition) is 5. The van der Waals surface area contributed by atoms with Gasteiger partial charge in [0.25, 0.3) is 5.91 Å². The second-order valence-corrected chi connectivity index (χ2v) is 4.31. The first-order valence-corrected chi connectivity index (χ1v) is 6.17. The predicted molar refractivity (Wildman–Crippen MR) is 75.6 cm³/mol. The van der Waals surface area contributed by atoms with E-state index in [1.54, 1.807) is 7.11 Å². The number of ether oxygens (including phenoxy) is 1. The van der Waals surface area contributed by atoms with Crippen molar-refractivity contribution in [1.82, 2.24) is 15.3 Å². The molecule has 0 aliphatic heterocycles. The third-order valence-electron chi connectivity index (χ3n) is 2.62. The van der Waals surface area contributed by atoms with Crippen LogP contribution in [0.1, 0.15) is 16.1 Å². The van der Waals surface area contributed by atoms with Gasteiger partial charge in [0.2, 0.25) is 0 Å². The number of nitrogens with two attached hydrogens (primary N) is 1. The van der Waals surface area contributed by atoms with Gasteiger partial charge in [-0.1, -0.05) is 29.8 Å². The largest absolute Gasteiger partial charge is 0.496 e. The smallest absolute Gasteiger partial charge is 0.274 e. The summed E-state index contributed by atoms with van der Waals surface area (Å²) in [5, 5.41) is 2.81. The maximum Gasteiger partial charge on any atom is 0.274 e. The number of para-hydroxylation sites is 1. The van der Waals surface area contributed by atoms with E-state index in [0.29, 0.717) is 5.75 Å². The highest BCUT2D eigenvalue weighted by Crippen LogP contribution is 2.17. The van der Waals surface area contributed by atoms with Crippen molar-refractivity contribution < 1.29 is 9.53 Å². The fraction of sp³-hybridized carbons (Fsp3) is 0.154. The number of nitrogen functional groups attached to an aromatic ring is 1. The van der Waals surface area contributed by atoms with E-state index in [-0.39, 0.29) is 23.2 Å².